The third kappa shape index (κ3) is 1.76. The predicted octanol–water partition coefficient (Wildman–Crippen LogP) is 2.56. The second-order valence-electron chi connectivity index (χ2n) is 5.00. The molecule has 0 radical (unpaired) electrons. The minimum Gasteiger partial charge on any atom is -0.497 e. The standard InChI is InChI=1S/C17H17NO3/c1-18-15-10-5-4-9-14(15)17(21-3,16(18)19)12-7-6-8-13(11-12)20-2/h4-11H,1-3H3. The van der Waals surface area contributed by atoms with Crippen molar-refractivity contribution in [2.24, 2.45) is 0 Å². The van der Waals surface area contributed by atoms with Gasteiger partial charge in [-0.25, -0.2) is 0 Å². The molecule has 1 atom stereocenters. The second kappa shape index (κ2) is 4.90. The maximum Gasteiger partial charge on any atom is 0.268 e. The van der Waals surface area contributed by atoms with Crippen LogP contribution in [0.5, 0.6) is 5.75 Å². The molecule has 4 nitrogen and oxygen atoms in total. The number of hydrogen-bond donors (Lipinski definition) is 0. The molecule has 2 aromatic carbocycles. The van der Waals surface area contributed by atoms with Crippen molar-refractivity contribution in [3.05, 3.63) is 59.7 Å². The molecule has 2 aromatic rings. The average molecular weight is 283 g/mol. The lowest BCUT2D eigenvalue weighted by Gasteiger charge is -2.27. The number of rotatable bonds is 3. The maximum absolute atomic E-state index is 12.9. The van der Waals surface area contributed by atoms with Gasteiger partial charge in [0.15, 0.2) is 5.60 Å². The zero-order valence-corrected chi connectivity index (χ0v) is 12.3. The van der Waals surface area contributed by atoms with Gasteiger partial charge in [-0.1, -0.05) is 30.3 Å². The number of carbonyl (C=O) groups is 1. The van der Waals surface area contributed by atoms with Gasteiger partial charge in [0.25, 0.3) is 5.91 Å². The molecular weight excluding hydrogens is 266 g/mol. The molecule has 0 fully saturated rings. The molecule has 0 saturated heterocycles. The van der Waals surface area contributed by atoms with Gasteiger partial charge in [0.05, 0.1) is 12.8 Å². The van der Waals surface area contributed by atoms with E-state index in [1.165, 1.54) is 0 Å². The van der Waals surface area contributed by atoms with E-state index in [-0.39, 0.29) is 5.91 Å². The molecule has 3 rings (SSSR count). The van der Waals surface area contributed by atoms with E-state index in [4.69, 9.17) is 9.47 Å². The van der Waals surface area contributed by atoms with Gasteiger partial charge in [0.2, 0.25) is 0 Å². The Morgan fingerprint density at radius 2 is 1.81 bits per heavy atom. The van der Waals surface area contributed by atoms with Gasteiger partial charge in [0.1, 0.15) is 5.75 Å². The van der Waals surface area contributed by atoms with Gasteiger partial charge in [-0.2, -0.15) is 0 Å². The molecule has 0 saturated carbocycles. The van der Waals surface area contributed by atoms with Crippen molar-refractivity contribution in [2.45, 2.75) is 5.60 Å². The van der Waals surface area contributed by atoms with Gasteiger partial charge >= 0.3 is 0 Å². The highest BCUT2D eigenvalue weighted by atomic mass is 16.5. The van der Waals surface area contributed by atoms with Crippen molar-refractivity contribution < 1.29 is 14.3 Å². The summed E-state index contributed by atoms with van der Waals surface area (Å²) >= 11 is 0. The van der Waals surface area contributed by atoms with Crippen LogP contribution in [0.3, 0.4) is 0 Å². The summed E-state index contributed by atoms with van der Waals surface area (Å²) in [5.41, 5.74) is 1.38. The Morgan fingerprint density at radius 3 is 2.52 bits per heavy atom. The largest absolute Gasteiger partial charge is 0.497 e. The zero-order valence-electron chi connectivity index (χ0n) is 12.3. The van der Waals surface area contributed by atoms with Crippen LogP contribution in [0.1, 0.15) is 11.1 Å². The fourth-order valence-corrected chi connectivity index (χ4v) is 2.96. The minimum absolute atomic E-state index is 0.0977. The van der Waals surface area contributed by atoms with Crippen molar-refractivity contribution in [3.8, 4) is 5.75 Å². The van der Waals surface area contributed by atoms with Crippen molar-refractivity contribution in [3.63, 3.8) is 0 Å². The summed E-state index contributed by atoms with van der Waals surface area (Å²) in [6.07, 6.45) is 0. The van der Waals surface area contributed by atoms with Crippen LogP contribution in [0, 0.1) is 0 Å². The molecule has 4 heteroatoms. The maximum atomic E-state index is 12.9. The number of anilines is 1. The Balaban J connectivity index is 2.27. The number of carbonyl (C=O) groups excluding carboxylic acids is 1. The highest BCUT2D eigenvalue weighted by Crippen LogP contribution is 2.46. The molecule has 1 aliphatic heterocycles. The zero-order chi connectivity index (χ0) is 15.0. The number of para-hydroxylation sites is 1. The minimum atomic E-state index is -1.11. The number of hydrogen-bond acceptors (Lipinski definition) is 3. The van der Waals surface area contributed by atoms with E-state index in [0.717, 1.165) is 16.8 Å². The van der Waals surface area contributed by atoms with E-state index in [0.29, 0.717) is 5.75 Å². The molecular formula is C17H17NO3. The van der Waals surface area contributed by atoms with Gasteiger partial charge in [-0.05, 0) is 18.2 Å². The number of likely N-dealkylation sites (N-methyl/N-ethyl adjacent to an activating group) is 1. The second-order valence-corrected chi connectivity index (χ2v) is 5.00. The van der Waals surface area contributed by atoms with Crippen LogP contribution >= 0.6 is 0 Å². The third-order valence-electron chi connectivity index (χ3n) is 4.03. The molecule has 108 valence electrons. The number of benzene rings is 2. The summed E-state index contributed by atoms with van der Waals surface area (Å²) in [5, 5.41) is 0. The van der Waals surface area contributed by atoms with Crippen molar-refractivity contribution in [1.29, 1.82) is 0 Å². The molecule has 0 bridgehead atoms. The van der Waals surface area contributed by atoms with Crippen molar-refractivity contribution >= 4 is 11.6 Å². The summed E-state index contributed by atoms with van der Waals surface area (Å²) in [7, 11) is 4.94. The van der Waals surface area contributed by atoms with Gasteiger partial charge in [0, 0.05) is 25.3 Å². The van der Waals surface area contributed by atoms with E-state index in [2.05, 4.69) is 0 Å². The summed E-state index contributed by atoms with van der Waals surface area (Å²) in [6, 6.07) is 15.1. The topological polar surface area (TPSA) is 38.8 Å². The van der Waals surface area contributed by atoms with Crippen LogP contribution in [0.15, 0.2) is 48.5 Å². The van der Waals surface area contributed by atoms with Crippen LogP contribution in [0.25, 0.3) is 0 Å². The lowest BCUT2D eigenvalue weighted by molar-refractivity contribution is -0.134. The van der Waals surface area contributed by atoms with E-state index in [1.807, 2.05) is 48.5 Å². The Hall–Kier alpha value is -2.33. The number of nitrogens with zero attached hydrogens (tertiary/aromatic N) is 1. The number of amides is 1. The lowest BCUT2D eigenvalue weighted by atomic mass is 9.87. The normalized spacial score (nSPS) is 20.5. The molecule has 1 aliphatic rings. The molecule has 0 aromatic heterocycles. The van der Waals surface area contributed by atoms with Crippen molar-refractivity contribution in [2.75, 3.05) is 26.2 Å². The highest BCUT2D eigenvalue weighted by molar-refractivity contribution is 6.09. The van der Waals surface area contributed by atoms with Crippen LogP contribution in [0.2, 0.25) is 0 Å². The highest BCUT2D eigenvalue weighted by Gasteiger charge is 2.51. The molecule has 1 amide bonds. The summed E-state index contributed by atoms with van der Waals surface area (Å²) in [5.74, 6) is 0.600. The first-order valence-corrected chi connectivity index (χ1v) is 6.72. The predicted molar refractivity (Wildman–Crippen MR) is 80.6 cm³/mol. The average Bonchev–Trinajstić information content (AvgIpc) is 2.77. The third-order valence-corrected chi connectivity index (χ3v) is 4.03. The van der Waals surface area contributed by atoms with Gasteiger partial charge in [-0.15, -0.1) is 0 Å². The van der Waals surface area contributed by atoms with Crippen LogP contribution < -0.4 is 9.64 Å². The van der Waals surface area contributed by atoms with E-state index in [1.54, 1.807) is 26.2 Å². The summed E-state index contributed by atoms with van der Waals surface area (Å²) in [6.45, 7) is 0. The smallest absolute Gasteiger partial charge is 0.268 e. The molecule has 0 aliphatic carbocycles. The number of ether oxygens (including phenoxy) is 2. The summed E-state index contributed by atoms with van der Waals surface area (Å²) in [4.78, 5) is 14.5. The fraction of sp³-hybridized carbons (Fsp3) is 0.235. The first-order chi connectivity index (χ1) is 10.1. The Morgan fingerprint density at radius 1 is 1.05 bits per heavy atom. The number of fused-ring (bicyclic) bond motifs is 1. The Kier molecular flexibility index (Phi) is 3.18. The van der Waals surface area contributed by atoms with E-state index < -0.39 is 5.60 Å². The van der Waals surface area contributed by atoms with Gasteiger partial charge < -0.3 is 14.4 Å². The SMILES string of the molecule is COc1cccc(C2(OC)C(=O)N(C)c3ccccc32)c1. The molecule has 0 spiro atoms. The van der Waals surface area contributed by atoms with Crippen molar-refractivity contribution in [1.82, 2.24) is 0 Å². The van der Waals surface area contributed by atoms with Crippen LogP contribution in [0.4, 0.5) is 5.69 Å². The van der Waals surface area contributed by atoms with Gasteiger partial charge in [-0.3, -0.25) is 4.79 Å². The molecule has 1 heterocycles. The first-order valence-electron chi connectivity index (χ1n) is 6.72. The quantitative estimate of drug-likeness (QED) is 0.869. The molecule has 1 unspecified atom stereocenters. The Bertz CT molecular complexity index is 698. The molecule has 0 N–H and O–H groups in total. The first kappa shape index (κ1) is 13.6. The molecule has 21 heavy (non-hydrogen) atoms. The van der Waals surface area contributed by atoms with Crippen LogP contribution in [-0.4, -0.2) is 27.2 Å². The lowest BCUT2D eigenvalue weighted by Crippen LogP contribution is -2.41. The fourth-order valence-electron chi connectivity index (χ4n) is 2.96. The monoisotopic (exact) mass is 283 g/mol. The number of methoxy groups -OCH3 is 2. The van der Waals surface area contributed by atoms with E-state index in [9.17, 15) is 4.79 Å². The van der Waals surface area contributed by atoms with Crippen LogP contribution in [-0.2, 0) is 15.1 Å². The Labute approximate surface area is 123 Å². The van der Waals surface area contributed by atoms with E-state index >= 15 is 0 Å². The summed E-state index contributed by atoms with van der Waals surface area (Å²) < 4.78 is 11.0.